The number of ether oxygens (including phenoxy) is 1. The van der Waals surface area contributed by atoms with Crippen molar-refractivity contribution in [3.63, 3.8) is 0 Å². The summed E-state index contributed by atoms with van der Waals surface area (Å²) >= 11 is 0. The average molecular weight is 839 g/mol. The van der Waals surface area contributed by atoms with E-state index in [4.69, 9.17) is 15.1 Å². The number of quaternary nitrogens is 2. The number of carboxylic acid groups (broad SMARTS) is 1. The summed E-state index contributed by atoms with van der Waals surface area (Å²) in [4.78, 5) is 44.2. The molecule has 0 saturated carbocycles. The number of halogens is 1. The summed E-state index contributed by atoms with van der Waals surface area (Å²) in [5.74, 6) is -1.19. The fraction of sp³-hybridized carbons (Fsp3) is 0.895. The number of nitrogens with zero attached hydrogens (tertiary/aromatic N) is 2. The number of hydrogen-bond acceptors (Lipinski definition) is 11. The molecule has 0 aliphatic rings. The number of carbonyl (C=O) groups excluding carboxylic acids is 4. The normalized spacial score (nSPS) is 13.0. The number of carboxylic acids is 1. The second-order valence-corrected chi connectivity index (χ2v) is 18.5. The molecule has 0 heterocycles. The van der Waals surface area contributed by atoms with Gasteiger partial charge < -0.3 is 61.3 Å². The third-order valence-electron chi connectivity index (χ3n) is 8.20. The van der Waals surface area contributed by atoms with E-state index in [9.17, 15) is 32.7 Å². The second kappa shape index (κ2) is 32.9. The van der Waals surface area contributed by atoms with Gasteiger partial charge >= 0.3 is 5.97 Å². The Morgan fingerprint density at radius 2 is 1.04 bits per heavy atom. The Hall–Kier alpha value is -2.08. The van der Waals surface area contributed by atoms with Gasteiger partial charge in [0.15, 0.2) is 0 Å². The molecule has 0 saturated heterocycles. The first-order chi connectivity index (χ1) is 24.2. The Balaban J connectivity index is -0.000000141. The molecule has 0 aromatic carbocycles. The Morgan fingerprint density at radius 3 is 1.22 bits per heavy atom. The molecule has 0 rings (SSSR count). The molecule has 0 bridgehead atoms. The first-order valence-electron chi connectivity index (χ1n) is 18.9. The smallest absolute Gasteiger partial charge is 0.308 e. The predicted octanol–water partition coefficient (Wildman–Crippen LogP) is -0.749. The van der Waals surface area contributed by atoms with E-state index in [-0.39, 0.29) is 59.5 Å². The van der Waals surface area contributed by atoms with E-state index in [0.29, 0.717) is 12.7 Å². The van der Waals surface area contributed by atoms with Crippen LogP contribution in [-0.4, -0.2) is 134 Å². The van der Waals surface area contributed by atoms with Crippen molar-refractivity contribution in [3.05, 3.63) is 0 Å². The highest BCUT2D eigenvalue weighted by Gasteiger charge is 2.25. The van der Waals surface area contributed by atoms with E-state index in [2.05, 4.69) is 57.3 Å². The molecule has 55 heavy (non-hydrogen) atoms. The van der Waals surface area contributed by atoms with Crippen LogP contribution in [0.15, 0.2) is 0 Å². The molecule has 0 aliphatic carbocycles. The molecular weight excluding hydrogens is 756 g/mol. The lowest BCUT2D eigenvalue weighted by atomic mass is 9.89. The summed E-state index contributed by atoms with van der Waals surface area (Å²) < 4.78 is 28.3. The van der Waals surface area contributed by atoms with Crippen molar-refractivity contribution >= 4 is 33.9 Å². The molecule has 2 amide bonds. The van der Waals surface area contributed by atoms with Gasteiger partial charge in [-0.05, 0) is 38.5 Å². The van der Waals surface area contributed by atoms with Gasteiger partial charge in [0.1, 0.15) is 6.61 Å². The summed E-state index contributed by atoms with van der Waals surface area (Å²) in [5, 5.41) is 33.5. The summed E-state index contributed by atoms with van der Waals surface area (Å²) in [6.07, 6.45) is 5.39. The van der Waals surface area contributed by atoms with Gasteiger partial charge in [-0.3, -0.25) is 14.4 Å². The maximum absolute atomic E-state index is 11.7. The molecule has 3 unspecified atom stereocenters. The van der Waals surface area contributed by atoms with Crippen LogP contribution in [0.1, 0.15) is 115 Å². The van der Waals surface area contributed by atoms with E-state index in [0.717, 1.165) is 67.2 Å². The topological polar surface area (TPSA) is 211 Å². The zero-order chi connectivity index (χ0) is 44.1. The Morgan fingerprint density at radius 1 is 0.727 bits per heavy atom. The first-order valence-corrected chi connectivity index (χ1v) is 20.8. The number of aliphatic carboxylic acids is 1. The van der Waals surface area contributed by atoms with Crippen LogP contribution in [0, 0.1) is 22.7 Å². The Labute approximate surface area is 341 Å². The van der Waals surface area contributed by atoms with Crippen LogP contribution in [0.25, 0.3) is 0 Å². The highest BCUT2D eigenvalue weighted by molar-refractivity contribution is 7.85. The van der Waals surface area contributed by atoms with E-state index in [1.807, 2.05) is 62.3 Å². The van der Waals surface area contributed by atoms with Gasteiger partial charge in [-0.25, -0.2) is 8.42 Å². The molecule has 0 fully saturated rings. The third kappa shape index (κ3) is 48.0. The van der Waals surface area contributed by atoms with E-state index in [1.165, 1.54) is 0 Å². The SMILES string of the molecule is CCC(C)(C)C(=O)NCCC[N+](C)(C)C.CCC(C)(C)C(=O)NCCC[N+](C)(C)C.CCC(C)C(=O)OCC(C)O.CCC(C)C(=O)[O-].CS(=O)(=O)O[O-].[Cl-]. The maximum atomic E-state index is 11.7. The number of hydrogen-bond donors (Lipinski definition) is 3. The van der Waals surface area contributed by atoms with Crippen molar-refractivity contribution < 1.29 is 73.5 Å². The summed E-state index contributed by atoms with van der Waals surface area (Å²) in [7, 11) is 9.27. The van der Waals surface area contributed by atoms with Gasteiger partial charge in [0, 0.05) is 42.7 Å². The Bertz CT molecular complexity index is 1080. The second-order valence-electron chi connectivity index (χ2n) is 16.9. The third-order valence-corrected chi connectivity index (χ3v) is 8.45. The minimum absolute atomic E-state index is 0. The molecule has 0 aromatic rings. The molecule has 0 radical (unpaired) electrons. The minimum atomic E-state index is -3.72. The zero-order valence-corrected chi connectivity index (χ0v) is 39.3. The molecule has 0 aromatic heterocycles. The summed E-state index contributed by atoms with van der Waals surface area (Å²) in [6, 6.07) is 0. The van der Waals surface area contributed by atoms with Gasteiger partial charge in [-0.15, -0.1) is 0 Å². The van der Waals surface area contributed by atoms with Gasteiger partial charge in [0.05, 0.1) is 73.7 Å². The highest BCUT2D eigenvalue weighted by atomic mass is 35.5. The molecule has 334 valence electrons. The molecule has 3 N–H and O–H groups in total. The van der Waals surface area contributed by atoms with Crippen molar-refractivity contribution in [1.29, 1.82) is 0 Å². The van der Waals surface area contributed by atoms with Crippen molar-refractivity contribution in [3.8, 4) is 0 Å². The fourth-order valence-electron chi connectivity index (χ4n) is 2.99. The summed E-state index contributed by atoms with van der Waals surface area (Å²) in [5.41, 5.74) is -0.451. The van der Waals surface area contributed by atoms with Crippen LogP contribution in [0.3, 0.4) is 0 Å². The minimum Gasteiger partial charge on any atom is -1.00 e. The van der Waals surface area contributed by atoms with Crippen LogP contribution in [0.4, 0.5) is 0 Å². The quantitative estimate of drug-likeness (QED) is 0.0485. The van der Waals surface area contributed by atoms with E-state index < -0.39 is 22.2 Å². The lowest BCUT2D eigenvalue weighted by Gasteiger charge is -2.25. The van der Waals surface area contributed by atoms with Gasteiger partial charge in [0.25, 0.3) is 10.1 Å². The van der Waals surface area contributed by atoms with Crippen LogP contribution >= 0.6 is 0 Å². The number of amides is 2. The van der Waals surface area contributed by atoms with Crippen molar-refractivity contribution in [1.82, 2.24) is 10.6 Å². The molecule has 0 aliphatic heterocycles. The van der Waals surface area contributed by atoms with Crippen LogP contribution in [-0.2, 0) is 38.4 Å². The predicted molar refractivity (Wildman–Crippen MR) is 212 cm³/mol. The van der Waals surface area contributed by atoms with Crippen molar-refractivity contribution in [2.45, 2.75) is 121 Å². The number of carbonyl (C=O) groups is 4. The van der Waals surface area contributed by atoms with Crippen LogP contribution in [0.2, 0.25) is 0 Å². The summed E-state index contributed by atoms with van der Waals surface area (Å²) in [6.45, 7) is 24.7. The lowest BCUT2D eigenvalue weighted by molar-refractivity contribution is -0.870. The number of aliphatic hydroxyl groups excluding tert-OH is 1. The average Bonchev–Trinajstić information content (AvgIpc) is 3.06. The van der Waals surface area contributed by atoms with Crippen molar-refractivity contribution in [2.24, 2.45) is 22.7 Å². The molecule has 0 spiro atoms. The molecule has 17 heteroatoms. The maximum Gasteiger partial charge on any atom is 0.308 e. The van der Waals surface area contributed by atoms with E-state index >= 15 is 0 Å². The number of rotatable bonds is 19. The largest absolute Gasteiger partial charge is 1.00 e. The first kappa shape index (κ1) is 64.8. The van der Waals surface area contributed by atoms with Gasteiger partial charge in [0.2, 0.25) is 11.8 Å². The molecular formula is C38H82ClN4O11S-. The van der Waals surface area contributed by atoms with Crippen LogP contribution < -0.4 is 33.4 Å². The Kier molecular flexibility index (Phi) is 38.8. The fourth-order valence-corrected chi connectivity index (χ4v) is 2.99. The zero-order valence-electron chi connectivity index (χ0n) is 37.7. The van der Waals surface area contributed by atoms with E-state index in [1.54, 1.807) is 13.8 Å². The van der Waals surface area contributed by atoms with Crippen molar-refractivity contribution in [2.75, 3.05) is 81.3 Å². The number of nitrogens with one attached hydrogen (secondary N) is 2. The number of esters is 1. The molecule has 15 nitrogen and oxygen atoms in total. The van der Waals surface area contributed by atoms with Crippen LogP contribution in [0.5, 0.6) is 0 Å². The number of aliphatic hydroxyl groups is 1. The monoisotopic (exact) mass is 838 g/mol. The van der Waals surface area contributed by atoms with Gasteiger partial charge in [-0.1, -0.05) is 69.2 Å². The standard InChI is InChI=1S/2C12H26N2O.C8H16O3.C5H10O2.CH4O4S.ClH/c2*1-7-12(2,3)11(15)13-9-8-10-14(4,5)6;1-4-6(2)8(10)11-5-7(3)9;1-3-4(2)5(6)7;1-6(3,4)5-2;/h2*7-10H2,1-6H3;6-7,9H,4-5H2,1-3H3;4H,3H2,1-2H3,(H,6,7);2H,1H3;1H/p-1. The van der Waals surface area contributed by atoms with Gasteiger partial charge in [-0.2, -0.15) is 0 Å². The highest BCUT2D eigenvalue weighted by Crippen LogP contribution is 2.20. The molecule has 3 atom stereocenters. The lowest BCUT2D eigenvalue weighted by Crippen LogP contribution is -3.00.